The number of carbonyl (C=O) groups excluding carboxylic acids is 1. The van der Waals surface area contributed by atoms with Crippen LogP contribution in [0, 0.1) is 0 Å². The first-order valence-electron chi connectivity index (χ1n) is 2.92. The number of nitrogens with one attached hydrogen (secondary N) is 2. The molecule has 0 bridgehead atoms. The lowest BCUT2D eigenvalue weighted by Crippen LogP contribution is -2.43. The lowest BCUT2D eigenvalue weighted by molar-refractivity contribution is -0.118. The molecule has 52 valence electrons. The third-order valence-electron chi connectivity index (χ3n) is 1.38. The molecule has 2 heterocycles. The molecule has 0 fully saturated rings. The Hall–Kier alpha value is -1.52. The van der Waals surface area contributed by atoms with E-state index in [2.05, 4.69) is 16.0 Å². The SMILES string of the molecule is O=C1C=C2C=NNN2CN1. The van der Waals surface area contributed by atoms with Gasteiger partial charge in [0.05, 0.1) is 11.9 Å². The molecule has 0 unspecified atom stereocenters. The molecule has 0 aromatic heterocycles. The van der Waals surface area contributed by atoms with Crippen molar-refractivity contribution in [2.45, 2.75) is 0 Å². The summed E-state index contributed by atoms with van der Waals surface area (Å²) < 4.78 is 0. The second-order valence-corrected chi connectivity index (χ2v) is 2.05. The van der Waals surface area contributed by atoms with Crippen LogP contribution in [0.4, 0.5) is 0 Å². The van der Waals surface area contributed by atoms with E-state index in [-0.39, 0.29) is 5.91 Å². The summed E-state index contributed by atoms with van der Waals surface area (Å²) in [7, 11) is 0. The zero-order valence-corrected chi connectivity index (χ0v) is 5.16. The lowest BCUT2D eigenvalue weighted by Gasteiger charge is -2.21. The monoisotopic (exact) mass is 138 g/mol. The Bertz CT molecular complexity index is 232. The molecule has 0 aliphatic carbocycles. The highest BCUT2D eigenvalue weighted by molar-refractivity contribution is 5.95. The van der Waals surface area contributed by atoms with E-state index < -0.39 is 0 Å². The van der Waals surface area contributed by atoms with Crippen LogP contribution >= 0.6 is 0 Å². The maximum absolute atomic E-state index is 10.7. The molecule has 5 nitrogen and oxygen atoms in total. The van der Waals surface area contributed by atoms with Gasteiger partial charge in [0.15, 0.2) is 0 Å². The van der Waals surface area contributed by atoms with Crippen molar-refractivity contribution in [3.8, 4) is 0 Å². The van der Waals surface area contributed by atoms with Crippen molar-refractivity contribution in [1.82, 2.24) is 15.9 Å². The Balaban J connectivity index is 2.30. The van der Waals surface area contributed by atoms with Crippen LogP contribution in [-0.4, -0.2) is 23.8 Å². The van der Waals surface area contributed by atoms with Crippen LogP contribution in [0.3, 0.4) is 0 Å². The van der Waals surface area contributed by atoms with Gasteiger partial charge in [0, 0.05) is 6.08 Å². The minimum Gasteiger partial charge on any atom is -0.333 e. The van der Waals surface area contributed by atoms with Crippen LogP contribution in [-0.2, 0) is 4.79 Å². The molecule has 0 atom stereocenters. The minimum absolute atomic E-state index is 0.0681. The van der Waals surface area contributed by atoms with Gasteiger partial charge in [0.25, 0.3) is 0 Å². The molecule has 1 amide bonds. The van der Waals surface area contributed by atoms with E-state index in [9.17, 15) is 4.79 Å². The van der Waals surface area contributed by atoms with Gasteiger partial charge in [-0.3, -0.25) is 9.80 Å². The van der Waals surface area contributed by atoms with E-state index in [1.165, 1.54) is 6.08 Å². The first-order chi connectivity index (χ1) is 4.86. The van der Waals surface area contributed by atoms with Crippen LogP contribution in [0.25, 0.3) is 0 Å². The Kier molecular flexibility index (Phi) is 0.913. The molecule has 0 saturated heterocycles. The largest absolute Gasteiger partial charge is 0.333 e. The van der Waals surface area contributed by atoms with Crippen molar-refractivity contribution in [1.29, 1.82) is 0 Å². The minimum atomic E-state index is -0.0681. The summed E-state index contributed by atoms with van der Waals surface area (Å²) in [5, 5.41) is 8.11. The van der Waals surface area contributed by atoms with Crippen LogP contribution in [0.15, 0.2) is 16.9 Å². The highest BCUT2D eigenvalue weighted by atomic mass is 16.1. The van der Waals surface area contributed by atoms with E-state index in [4.69, 9.17) is 0 Å². The second kappa shape index (κ2) is 1.73. The van der Waals surface area contributed by atoms with Crippen molar-refractivity contribution >= 4 is 12.1 Å². The van der Waals surface area contributed by atoms with Gasteiger partial charge in [-0.25, -0.2) is 5.53 Å². The summed E-state index contributed by atoms with van der Waals surface area (Å²) in [6, 6.07) is 0. The summed E-state index contributed by atoms with van der Waals surface area (Å²) in [6.45, 7) is 0.477. The first kappa shape index (κ1) is 5.28. The van der Waals surface area contributed by atoms with Crippen molar-refractivity contribution < 1.29 is 4.79 Å². The number of hydrogen-bond donors (Lipinski definition) is 2. The zero-order valence-electron chi connectivity index (χ0n) is 5.16. The molecular weight excluding hydrogens is 132 g/mol. The number of amides is 1. The summed E-state index contributed by atoms with van der Waals surface area (Å²) in [4.78, 5) is 10.7. The molecule has 0 spiro atoms. The van der Waals surface area contributed by atoms with Gasteiger partial charge in [-0.1, -0.05) is 0 Å². The van der Waals surface area contributed by atoms with Gasteiger partial charge in [0.1, 0.15) is 6.67 Å². The quantitative estimate of drug-likeness (QED) is 0.440. The molecule has 2 N–H and O–H groups in total. The van der Waals surface area contributed by atoms with Crippen molar-refractivity contribution in [2.24, 2.45) is 5.10 Å². The smallest absolute Gasteiger partial charge is 0.247 e. The van der Waals surface area contributed by atoms with Crippen molar-refractivity contribution in [3.05, 3.63) is 11.8 Å². The van der Waals surface area contributed by atoms with E-state index in [0.717, 1.165) is 5.70 Å². The summed E-state index contributed by atoms with van der Waals surface area (Å²) in [5.41, 5.74) is 3.51. The Morgan fingerprint density at radius 2 is 2.60 bits per heavy atom. The molecule has 2 aliphatic heterocycles. The zero-order chi connectivity index (χ0) is 6.97. The maximum Gasteiger partial charge on any atom is 0.247 e. The Morgan fingerprint density at radius 3 is 3.50 bits per heavy atom. The van der Waals surface area contributed by atoms with E-state index >= 15 is 0 Å². The first-order valence-corrected chi connectivity index (χ1v) is 2.92. The third kappa shape index (κ3) is 0.637. The van der Waals surface area contributed by atoms with Crippen LogP contribution in [0.1, 0.15) is 0 Å². The fourth-order valence-corrected chi connectivity index (χ4v) is 0.876. The van der Waals surface area contributed by atoms with Crippen LogP contribution in [0.2, 0.25) is 0 Å². The maximum atomic E-state index is 10.7. The summed E-state index contributed by atoms with van der Waals surface area (Å²) in [5.74, 6) is -0.0681. The predicted molar refractivity (Wildman–Crippen MR) is 34.6 cm³/mol. The lowest BCUT2D eigenvalue weighted by atomic mass is 10.3. The average molecular weight is 138 g/mol. The number of hydrazone groups is 1. The average Bonchev–Trinajstić information content (AvgIpc) is 2.33. The molecule has 0 radical (unpaired) electrons. The number of carbonyl (C=O) groups is 1. The Morgan fingerprint density at radius 1 is 1.70 bits per heavy atom. The Labute approximate surface area is 57.4 Å². The number of allylic oxidation sites excluding steroid dienone is 1. The molecule has 5 heteroatoms. The fraction of sp³-hybridized carbons (Fsp3) is 0.200. The fourth-order valence-electron chi connectivity index (χ4n) is 0.876. The second-order valence-electron chi connectivity index (χ2n) is 2.05. The van der Waals surface area contributed by atoms with Gasteiger partial charge in [-0.05, 0) is 0 Å². The third-order valence-corrected chi connectivity index (χ3v) is 1.38. The van der Waals surface area contributed by atoms with Crippen molar-refractivity contribution in [2.75, 3.05) is 6.67 Å². The molecule has 0 saturated carbocycles. The molecular formula is C5H6N4O. The van der Waals surface area contributed by atoms with E-state index in [0.29, 0.717) is 6.67 Å². The van der Waals surface area contributed by atoms with Gasteiger partial charge in [-0.15, -0.1) is 0 Å². The number of hydrogen-bond acceptors (Lipinski definition) is 4. The number of rotatable bonds is 0. The molecule has 0 aromatic rings. The predicted octanol–water partition coefficient (Wildman–Crippen LogP) is -1.24. The van der Waals surface area contributed by atoms with Gasteiger partial charge in [0.2, 0.25) is 5.91 Å². The topological polar surface area (TPSA) is 56.7 Å². The normalized spacial score (nSPS) is 21.4. The molecule has 2 aliphatic rings. The van der Waals surface area contributed by atoms with Gasteiger partial charge >= 0.3 is 0 Å². The summed E-state index contributed by atoms with van der Waals surface area (Å²) in [6.07, 6.45) is 3.10. The van der Waals surface area contributed by atoms with E-state index in [1.807, 2.05) is 0 Å². The number of fused-ring (bicyclic) bond motifs is 1. The van der Waals surface area contributed by atoms with Gasteiger partial charge < -0.3 is 5.32 Å². The van der Waals surface area contributed by atoms with Crippen molar-refractivity contribution in [3.63, 3.8) is 0 Å². The highest BCUT2D eigenvalue weighted by Gasteiger charge is 2.18. The van der Waals surface area contributed by atoms with Crippen LogP contribution < -0.4 is 10.9 Å². The number of hydrazine groups is 1. The standard InChI is InChI=1S/C5H6N4O/c10-5-1-4-2-7-8-9(4)3-6-5/h1-2,8H,3H2,(H,6,10). The number of nitrogens with zero attached hydrogens (tertiary/aromatic N) is 2. The van der Waals surface area contributed by atoms with Gasteiger partial charge in [-0.2, -0.15) is 5.10 Å². The molecule has 0 aromatic carbocycles. The van der Waals surface area contributed by atoms with E-state index in [1.54, 1.807) is 11.2 Å². The molecule has 10 heavy (non-hydrogen) atoms. The summed E-state index contributed by atoms with van der Waals surface area (Å²) >= 11 is 0. The highest BCUT2D eigenvalue weighted by Crippen LogP contribution is 2.05. The van der Waals surface area contributed by atoms with Crippen LogP contribution in [0.5, 0.6) is 0 Å². The molecule has 2 rings (SSSR count).